The first kappa shape index (κ1) is 72.1. The Morgan fingerprint density at radius 3 is 1.14 bits per heavy atom. The Kier molecular flexibility index (Phi) is 52.2. The lowest BCUT2D eigenvalue weighted by molar-refractivity contribution is -0.302. The van der Waals surface area contributed by atoms with Crippen LogP contribution in [0.25, 0.3) is 0 Å². The van der Waals surface area contributed by atoms with E-state index < -0.39 is 61.5 Å². The highest BCUT2D eigenvalue weighted by Crippen LogP contribution is 2.23. The number of aliphatic hydroxyl groups excluding tert-OH is 6. The monoisotopic (exact) mass is 1070 g/mol. The number of unbranched alkanes of at least 4 members (excludes halogenated alkanes) is 39. The maximum absolute atomic E-state index is 13.1. The molecule has 0 aromatic rings. The fourth-order valence-corrected chi connectivity index (χ4v) is 10.3. The lowest BCUT2D eigenvalue weighted by Crippen LogP contribution is -2.60. The fourth-order valence-electron chi connectivity index (χ4n) is 10.3. The second-order valence-electron chi connectivity index (χ2n) is 22.7. The van der Waals surface area contributed by atoms with Gasteiger partial charge >= 0.3 is 0 Å². The standard InChI is InChI=1S/C66H123NO9/c1-3-5-7-9-11-13-15-17-19-20-21-22-23-24-25-26-27-28-29-30-31-32-33-34-35-36-37-38-39-41-43-45-47-49-51-53-55-60(70)65(74)67-58(57-75-66-64(73)63(72)62(71)61(56-68)76-66)59(69)54-52-50-48-46-44-42-40-18-16-14-12-10-8-6-4-2/h16,18,28-29,44,46,52,54,58-64,66,68-73H,3-15,17,19-27,30-43,45,47-51,53,55-57H2,1-2H3,(H,67,74)/b18-16+,29-28-,46-44+,54-52+. The largest absolute Gasteiger partial charge is 0.394 e. The van der Waals surface area contributed by atoms with Gasteiger partial charge in [-0.2, -0.15) is 0 Å². The number of amides is 1. The summed E-state index contributed by atoms with van der Waals surface area (Å²) in [4.78, 5) is 13.1. The lowest BCUT2D eigenvalue weighted by Gasteiger charge is -2.40. The molecule has 0 aliphatic carbocycles. The van der Waals surface area contributed by atoms with Crippen LogP contribution in [-0.4, -0.2) is 98.7 Å². The van der Waals surface area contributed by atoms with Gasteiger partial charge in [0.25, 0.3) is 0 Å². The van der Waals surface area contributed by atoms with Gasteiger partial charge in [-0.3, -0.25) is 4.79 Å². The molecule has 1 fully saturated rings. The van der Waals surface area contributed by atoms with Crippen LogP contribution in [-0.2, 0) is 14.3 Å². The average Bonchev–Trinajstić information content (AvgIpc) is 3.42. The predicted octanol–water partition coefficient (Wildman–Crippen LogP) is 15.8. The highest BCUT2D eigenvalue weighted by atomic mass is 16.7. The zero-order valence-corrected chi connectivity index (χ0v) is 49.4. The van der Waals surface area contributed by atoms with Gasteiger partial charge in [-0.05, 0) is 70.6 Å². The van der Waals surface area contributed by atoms with Gasteiger partial charge in [0.1, 0.15) is 30.5 Å². The third kappa shape index (κ3) is 43.0. The van der Waals surface area contributed by atoms with Gasteiger partial charge < -0.3 is 45.4 Å². The Balaban J connectivity index is 2.12. The summed E-state index contributed by atoms with van der Waals surface area (Å²) in [5, 5.41) is 65.0. The molecule has 1 amide bonds. The van der Waals surface area contributed by atoms with Gasteiger partial charge in [-0.15, -0.1) is 0 Å². The second kappa shape index (κ2) is 55.0. The Labute approximate surface area is 467 Å². The van der Waals surface area contributed by atoms with Gasteiger partial charge in [-0.1, -0.05) is 281 Å². The molecule has 8 atom stereocenters. The Morgan fingerprint density at radius 2 is 0.776 bits per heavy atom. The van der Waals surface area contributed by atoms with E-state index in [1.165, 1.54) is 225 Å². The number of hydrogen-bond acceptors (Lipinski definition) is 9. The van der Waals surface area contributed by atoms with E-state index in [0.29, 0.717) is 19.3 Å². The molecule has 10 nitrogen and oxygen atoms in total. The summed E-state index contributed by atoms with van der Waals surface area (Å²) in [6, 6.07) is -1.00. The van der Waals surface area contributed by atoms with Crippen LogP contribution in [0.4, 0.5) is 0 Å². The highest BCUT2D eigenvalue weighted by molar-refractivity contribution is 5.80. The van der Waals surface area contributed by atoms with Gasteiger partial charge in [0.05, 0.1) is 25.4 Å². The molecule has 1 aliphatic heterocycles. The first-order chi connectivity index (χ1) is 37.3. The molecule has 1 heterocycles. The van der Waals surface area contributed by atoms with Gasteiger partial charge in [0.15, 0.2) is 6.29 Å². The SMILES string of the molecule is CCCCCCC/C=C/CC/C=C/CC/C=C/C(O)C(COC1OC(CO)C(O)C(O)C1O)NC(=O)C(O)CCCCCCCCCCCCCCCCCC/C=C\CCCCCCCCCCCCCCCCCC. The van der Waals surface area contributed by atoms with E-state index in [9.17, 15) is 35.4 Å². The summed E-state index contributed by atoms with van der Waals surface area (Å²) in [7, 11) is 0. The Bertz CT molecular complexity index is 1350. The van der Waals surface area contributed by atoms with Crippen molar-refractivity contribution in [1.29, 1.82) is 0 Å². The van der Waals surface area contributed by atoms with Crippen LogP contribution in [0.1, 0.15) is 303 Å². The summed E-state index contributed by atoms with van der Waals surface area (Å²) in [6.45, 7) is 3.60. The Morgan fingerprint density at radius 1 is 0.447 bits per heavy atom. The van der Waals surface area contributed by atoms with Crippen LogP contribution in [0.2, 0.25) is 0 Å². The van der Waals surface area contributed by atoms with E-state index in [-0.39, 0.29) is 6.61 Å². The van der Waals surface area contributed by atoms with Crippen LogP contribution in [0.15, 0.2) is 48.6 Å². The van der Waals surface area contributed by atoms with Gasteiger partial charge in [0.2, 0.25) is 5.91 Å². The number of aliphatic hydroxyl groups is 6. The third-order valence-electron chi connectivity index (χ3n) is 15.5. The van der Waals surface area contributed by atoms with Crippen LogP contribution < -0.4 is 5.32 Å². The van der Waals surface area contributed by atoms with E-state index in [2.05, 4.69) is 55.6 Å². The number of carbonyl (C=O) groups is 1. The molecule has 76 heavy (non-hydrogen) atoms. The van der Waals surface area contributed by atoms with Crippen LogP contribution in [0.5, 0.6) is 0 Å². The first-order valence-electron chi connectivity index (χ1n) is 32.5. The molecule has 8 unspecified atom stereocenters. The van der Waals surface area contributed by atoms with Crippen LogP contribution in [0.3, 0.4) is 0 Å². The van der Waals surface area contributed by atoms with Crippen LogP contribution in [0, 0.1) is 0 Å². The number of rotatable bonds is 56. The minimum atomic E-state index is -1.62. The predicted molar refractivity (Wildman–Crippen MR) is 319 cm³/mol. The molecule has 0 radical (unpaired) electrons. The van der Waals surface area contributed by atoms with Crippen molar-refractivity contribution in [2.45, 2.75) is 352 Å². The molecule has 0 aromatic heterocycles. The topological polar surface area (TPSA) is 169 Å². The molecule has 0 bridgehead atoms. The summed E-state index contributed by atoms with van der Waals surface area (Å²) < 4.78 is 11.2. The van der Waals surface area contributed by atoms with Crippen molar-refractivity contribution in [3.63, 3.8) is 0 Å². The zero-order chi connectivity index (χ0) is 55.2. The summed E-state index contributed by atoms with van der Waals surface area (Å²) in [6.07, 6.45) is 64.0. The molecular formula is C66H123NO9. The molecule has 0 aromatic carbocycles. The maximum Gasteiger partial charge on any atom is 0.249 e. The molecule has 7 N–H and O–H groups in total. The molecule has 1 aliphatic rings. The number of hydrogen-bond donors (Lipinski definition) is 7. The van der Waals surface area contributed by atoms with Gasteiger partial charge in [0, 0.05) is 0 Å². The van der Waals surface area contributed by atoms with Crippen molar-refractivity contribution in [3.8, 4) is 0 Å². The summed E-state index contributed by atoms with van der Waals surface area (Å²) in [5.41, 5.74) is 0. The number of ether oxygens (including phenoxy) is 2. The van der Waals surface area contributed by atoms with Crippen molar-refractivity contribution < 1.29 is 44.9 Å². The van der Waals surface area contributed by atoms with E-state index in [0.717, 1.165) is 44.9 Å². The van der Waals surface area contributed by atoms with E-state index in [1.54, 1.807) is 6.08 Å². The minimum absolute atomic E-state index is 0.302. The normalized spacial score (nSPS) is 19.5. The number of allylic oxidation sites excluding steroid dienone is 7. The molecule has 1 rings (SSSR count). The van der Waals surface area contributed by atoms with Crippen LogP contribution >= 0.6 is 0 Å². The molecule has 446 valence electrons. The molecule has 0 saturated carbocycles. The highest BCUT2D eigenvalue weighted by Gasteiger charge is 2.44. The fraction of sp³-hybridized carbons (Fsp3) is 0.864. The van der Waals surface area contributed by atoms with E-state index >= 15 is 0 Å². The van der Waals surface area contributed by atoms with E-state index in [1.807, 2.05) is 6.08 Å². The quantitative estimate of drug-likeness (QED) is 0.0232. The smallest absolute Gasteiger partial charge is 0.249 e. The third-order valence-corrected chi connectivity index (χ3v) is 15.5. The van der Waals surface area contributed by atoms with E-state index in [4.69, 9.17) is 9.47 Å². The van der Waals surface area contributed by atoms with Crippen molar-refractivity contribution >= 4 is 5.91 Å². The second-order valence-corrected chi connectivity index (χ2v) is 22.7. The lowest BCUT2D eigenvalue weighted by atomic mass is 9.99. The molecule has 1 saturated heterocycles. The minimum Gasteiger partial charge on any atom is -0.394 e. The molecular weight excluding hydrogens is 951 g/mol. The molecule has 10 heteroatoms. The summed E-state index contributed by atoms with van der Waals surface area (Å²) >= 11 is 0. The average molecular weight is 1070 g/mol. The number of nitrogens with one attached hydrogen (secondary N) is 1. The van der Waals surface area contributed by atoms with Crippen molar-refractivity contribution in [3.05, 3.63) is 48.6 Å². The maximum atomic E-state index is 13.1. The van der Waals surface area contributed by atoms with Crippen molar-refractivity contribution in [2.75, 3.05) is 13.2 Å². The zero-order valence-electron chi connectivity index (χ0n) is 49.4. The van der Waals surface area contributed by atoms with Crippen molar-refractivity contribution in [2.24, 2.45) is 0 Å². The Hall–Kier alpha value is -1.89. The van der Waals surface area contributed by atoms with Crippen molar-refractivity contribution in [1.82, 2.24) is 5.32 Å². The van der Waals surface area contributed by atoms with Gasteiger partial charge in [-0.25, -0.2) is 0 Å². The number of carbonyl (C=O) groups excluding carboxylic acids is 1. The molecule has 0 spiro atoms. The first-order valence-corrected chi connectivity index (χ1v) is 32.5. The summed E-state index contributed by atoms with van der Waals surface area (Å²) in [5.74, 6) is -0.628.